The number of halogens is 2. The van der Waals surface area contributed by atoms with Gasteiger partial charge in [-0.05, 0) is 36.8 Å². The van der Waals surface area contributed by atoms with Gasteiger partial charge in [0.2, 0.25) is 0 Å². The van der Waals surface area contributed by atoms with Gasteiger partial charge >= 0.3 is 0 Å². The first-order chi connectivity index (χ1) is 10.2. The molecular weight excluding hydrogens is 352 g/mol. The van der Waals surface area contributed by atoms with Crippen LogP contribution >= 0.6 is 27.5 Å². The van der Waals surface area contributed by atoms with Crippen LogP contribution in [-0.2, 0) is 0 Å². The van der Waals surface area contributed by atoms with Crippen molar-refractivity contribution in [3.8, 4) is 0 Å². The van der Waals surface area contributed by atoms with E-state index in [0.29, 0.717) is 17.1 Å². The third kappa shape index (κ3) is 2.92. The SMILES string of the molecule is O=C(c1cc(Br)ccc1Cl)N1CCCNc2ccccc21. The molecule has 0 radical (unpaired) electrons. The number of nitrogens with zero attached hydrogens (tertiary/aromatic N) is 1. The van der Waals surface area contributed by atoms with E-state index in [9.17, 15) is 4.79 Å². The molecular formula is C16H14BrClN2O. The van der Waals surface area contributed by atoms with Crippen molar-refractivity contribution in [1.82, 2.24) is 0 Å². The summed E-state index contributed by atoms with van der Waals surface area (Å²) in [6, 6.07) is 13.2. The summed E-state index contributed by atoms with van der Waals surface area (Å²) >= 11 is 9.59. The fourth-order valence-electron chi connectivity index (χ4n) is 2.46. The Morgan fingerprint density at radius 1 is 1.24 bits per heavy atom. The van der Waals surface area contributed by atoms with Crippen molar-refractivity contribution in [2.45, 2.75) is 6.42 Å². The zero-order valence-electron chi connectivity index (χ0n) is 11.3. The summed E-state index contributed by atoms with van der Waals surface area (Å²) in [5.74, 6) is -0.0718. The largest absolute Gasteiger partial charge is 0.383 e. The van der Waals surface area contributed by atoms with Gasteiger partial charge in [0.05, 0.1) is 22.0 Å². The molecule has 1 N–H and O–H groups in total. The standard InChI is InChI=1S/C16H14BrClN2O/c17-11-6-7-13(18)12(10-11)16(21)20-9-3-8-19-14-4-1-2-5-15(14)20/h1-2,4-7,10,19H,3,8-9H2. The highest BCUT2D eigenvalue weighted by Gasteiger charge is 2.23. The zero-order chi connectivity index (χ0) is 14.8. The van der Waals surface area contributed by atoms with Crippen LogP contribution in [0.15, 0.2) is 46.9 Å². The van der Waals surface area contributed by atoms with Gasteiger partial charge < -0.3 is 10.2 Å². The van der Waals surface area contributed by atoms with Crippen LogP contribution in [0.5, 0.6) is 0 Å². The third-order valence-corrected chi connectivity index (χ3v) is 4.30. The lowest BCUT2D eigenvalue weighted by atomic mass is 10.1. The third-order valence-electron chi connectivity index (χ3n) is 3.47. The fraction of sp³-hybridized carbons (Fsp3) is 0.188. The van der Waals surface area contributed by atoms with E-state index >= 15 is 0 Å². The second-order valence-corrected chi connectivity index (χ2v) is 6.20. The summed E-state index contributed by atoms with van der Waals surface area (Å²) in [6.45, 7) is 1.53. The van der Waals surface area contributed by atoms with E-state index in [-0.39, 0.29) is 5.91 Å². The van der Waals surface area contributed by atoms with Crippen LogP contribution in [0.3, 0.4) is 0 Å². The molecule has 0 aliphatic carbocycles. The molecule has 1 aliphatic rings. The molecule has 0 saturated carbocycles. The number of carbonyl (C=O) groups is 1. The number of hydrogen-bond donors (Lipinski definition) is 1. The Kier molecular flexibility index (Phi) is 4.17. The molecule has 5 heteroatoms. The number of para-hydroxylation sites is 2. The summed E-state index contributed by atoms with van der Waals surface area (Å²) in [5.41, 5.74) is 2.40. The summed E-state index contributed by atoms with van der Waals surface area (Å²) in [6.07, 6.45) is 0.895. The number of carbonyl (C=O) groups excluding carboxylic acids is 1. The number of hydrogen-bond acceptors (Lipinski definition) is 2. The van der Waals surface area contributed by atoms with Gasteiger partial charge in [0.25, 0.3) is 5.91 Å². The number of benzene rings is 2. The summed E-state index contributed by atoms with van der Waals surface area (Å²) < 4.78 is 0.844. The van der Waals surface area contributed by atoms with Gasteiger partial charge in [-0.25, -0.2) is 0 Å². The van der Waals surface area contributed by atoms with E-state index in [0.717, 1.165) is 28.8 Å². The van der Waals surface area contributed by atoms with Gasteiger partial charge in [-0.1, -0.05) is 39.7 Å². The van der Waals surface area contributed by atoms with Crippen LogP contribution in [-0.4, -0.2) is 19.0 Å². The smallest absolute Gasteiger partial charge is 0.259 e. The molecule has 0 unspecified atom stereocenters. The van der Waals surface area contributed by atoms with Crippen molar-refractivity contribution in [3.63, 3.8) is 0 Å². The monoisotopic (exact) mass is 364 g/mol. The maximum Gasteiger partial charge on any atom is 0.259 e. The predicted molar refractivity (Wildman–Crippen MR) is 90.4 cm³/mol. The second kappa shape index (κ2) is 6.08. The number of rotatable bonds is 1. The Hall–Kier alpha value is -1.52. The summed E-state index contributed by atoms with van der Waals surface area (Å²) in [5, 5.41) is 3.82. The molecule has 2 aromatic rings. The Bertz CT molecular complexity index is 690. The molecule has 3 rings (SSSR count). The molecule has 0 aromatic heterocycles. The van der Waals surface area contributed by atoms with Crippen molar-refractivity contribution in [2.75, 3.05) is 23.3 Å². The molecule has 0 bridgehead atoms. The molecule has 1 aliphatic heterocycles. The Balaban J connectivity index is 2.03. The molecule has 0 atom stereocenters. The van der Waals surface area contributed by atoms with Gasteiger partial charge in [0.1, 0.15) is 0 Å². The minimum atomic E-state index is -0.0718. The van der Waals surface area contributed by atoms with Crippen LogP contribution in [0.25, 0.3) is 0 Å². The van der Waals surface area contributed by atoms with Crippen LogP contribution in [0, 0.1) is 0 Å². The van der Waals surface area contributed by atoms with E-state index in [1.54, 1.807) is 17.0 Å². The van der Waals surface area contributed by atoms with E-state index in [1.807, 2.05) is 30.3 Å². The number of nitrogens with one attached hydrogen (secondary N) is 1. The van der Waals surface area contributed by atoms with Crippen molar-refractivity contribution < 1.29 is 4.79 Å². The van der Waals surface area contributed by atoms with Crippen molar-refractivity contribution in [2.24, 2.45) is 0 Å². The lowest BCUT2D eigenvalue weighted by Crippen LogP contribution is -2.31. The second-order valence-electron chi connectivity index (χ2n) is 4.88. The molecule has 21 heavy (non-hydrogen) atoms. The highest BCUT2D eigenvalue weighted by molar-refractivity contribution is 9.10. The summed E-state index contributed by atoms with van der Waals surface area (Å²) in [4.78, 5) is 14.7. The number of amides is 1. The molecule has 0 spiro atoms. The highest BCUT2D eigenvalue weighted by atomic mass is 79.9. The van der Waals surface area contributed by atoms with Gasteiger partial charge in [-0.2, -0.15) is 0 Å². The van der Waals surface area contributed by atoms with Crippen molar-refractivity contribution in [1.29, 1.82) is 0 Å². The normalized spacial score (nSPS) is 14.1. The quantitative estimate of drug-likeness (QED) is 0.803. The number of anilines is 2. The molecule has 0 fully saturated rings. The maximum atomic E-state index is 12.9. The fourth-order valence-corrected chi connectivity index (χ4v) is 3.02. The topological polar surface area (TPSA) is 32.3 Å². The van der Waals surface area contributed by atoms with Crippen LogP contribution in [0.4, 0.5) is 11.4 Å². The minimum Gasteiger partial charge on any atom is -0.383 e. The molecule has 0 saturated heterocycles. The van der Waals surface area contributed by atoms with E-state index in [4.69, 9.17) is 11.6 Å². The first-order valence-corrected chi connectivity index (χ1v) is 7.94. The Labute approximate surface area is 137 Å². The average molecular weight is 366 g/mol. The average Bonchev–Trinajstić information content (AvgIpc) is 2.71. The van der Waals surface area contributed by atoms with Gasteiger partial charge in [-0.3, -0.25) is 4.79 Å². The molecule has 3 nitrogen and oxygen atoms in total. The van der Waals surface area contributed by atoms with E-state index in [1.165, 1.54) is 0 Å². The first kappa shape index (κ1) is 14.4. The minimum absolute atomic E-state index is 0.0718. The van der Waals surface area contributed by atoms with Gasteiger partial charge in [0, 0.05) is 17.6 Å². The Morgan fingerprint density at radius 3 is 2.90 bits per heavy atom. The van der Waals surface area contributed by atoms with Crippen molar-refractivity contribution in [3.05, 3.63) is 57.5 Å². The lowest BCUT2D eigenvalue weighted by molar-refractivity contribution is 0.0987. The molecule has 1 amide bonds. The molecule has 108 valence electrons. The highest BCUT2D eigenvalue weighted by Crippen LogP contribution is 2.31. The lowest BCUT2D eigenvalue weighted by Gasteiger charge is -2.23. The number of fused-ring (bicyclic) bond motifs is 1. The predicted octanol–water partition coefficient (Wildman–Crippen LogP) is 4.56. The molecule has 1 heterocycles. The molecule has 2 aromatic carbocycles. The van der Waals surface area contributed by atoms with Crippen LogP contribution in [0.1, 0.15) is 16.8 Å². The summed E-state index contributed by atoms with van der Waals surface area (Å²) in [7, 11) is 0. The van der Waals surface area contributed by atoms with Gasteiger partial charge in [0.15, 0.2) is 0 Å². The first-order valence-electron chi connectivity index (χ1n) is 6.76. The van der Waals surface area contributed by atoms with E-state index in [2.05, 4.69) is 21.2 Å². The van der Waals surface area contributed by atoms with Crippen molar-refractivity contribution >= 4 is 44.8 Å². The van der Waals surface area contributed by atoms with Crippen LogP contribution < -0.4 is 10.2 Å². The Morgan fingerprint density at radius 2 is 2.05 bits per heavy atom. The van der Waals surface area contributed by atoms with Crippen LogP contribution in [0.2, 0.25) is 5.02 Å². The van der Waals surface area contributed by atoms with Gasteiger partial charge in [-0.15, -0.1) is 0 Å². The zero-order valence-corrected chi connectivity index (χ0v) is 13.6. The maximum absolute atomic E-state index is 12.9. The van der Waals surface area contributed by atoms with E-state index < -0.39 is 0 Å².